The molecule has 98 valence electrons. The highest BCUT2D eigenvalue weighted by atomic mass is 35.5. The van der Waals surface area contributed by atoms with Gasteiger partial charge < -0.3 is 4.42 Å². The number of sulfonamides is 1. The molecule has 0 amide bonds. The molecular weight excluding hydrogens is 262 g/mol. The minimum absolute atomic E-state index is 0.147. The molecule has 0 aliphatic rings. The van der Waals surface area contributed by atoms with Gasteiger partial charge in [0.1, 0.15) is 5.76 Å². The maximum absolute atomic E-state index is 12.0. The van der Waals surface area contributed by atoms with Crippen molar-refractivity contribution in [3.8, 4) is 0 Å². The molecule has 0 spiro atoms. The predicted octanol–water partition coefficient (Wildman–Crippen LogP) is 2.45. The molecule has 0 unspecified atom stereocenters. The lowest BCUT2D eigenvalue weighted by Crippen LogP contribution is -2.32. The van der Waals surface area contributed by atoms with Crippen LogP contribution in [0.2, 0.25) is 0 Å². The molecule has 0 aliphatic heterocycles. The molecule has 1 rings (SSSR count). The van der Waals surface area contributed by atoms with Gasteiger partial charge in [-0.25, -0.2) is 8.42 Å². The monoisotopic (exact) mass is 279 g/mol. The minimum atomic E-state index is -3.21. The molecule has 0 fully saturated rings. The van der Waals surface area contributed by atoms with E-state index in [1.165, 1.54) is 4.31 Å². The molecule has 1 heterocycles. The van der Waals surface area contributed by atoms with E-state index < -0.39 is 10.0 Å². The van der Waals surface area contributed by atoms with Gasteiger partial charge in [-0.1, -0.05) is 6.92 Å². The lowest BCUT2D eigenvalue weighted by atomic mass is 10.4. The quantitative estimate of drug-likeness (QED) is 0.542. The minimum Gasteiger partial charge on any atom is -0.468 e. The number of rotatable bonds is 8. The first-order valence-electron chi connectivity index (χ1n) is 5.66. The Bertz CT molecular complexity index is 402. The molecule has 4 nitrogen and oxygen atoms in total. The Morgan fingerprint density at radius 2 is 2.18 bits per heavy atom. The van der Waals surface area contributed by atoms with E-state index in [1.807, 2.05) is 6.92 Å². The topological polar surface area (TPSA) is 50.5 Å². The van der Waals surface area contributed by atoms with E-state index in [4.69, 9.17) is 16.0 Å². The summed E-state index contributed by atoms with van der Waals surface area (Å²) in [6, 6.07) is 3.53. The summed E-state index contributed by atoms with van der Waals surface area (Å²) in [6.07, 6.45) is 2.86. The van der Waals surface area contributed by atoms with Crippen LogP contribution in [-0.2, 0) is 16.6 Å². The van der Waals surface area contributed by atoms with Crippen LogP contribution in [0.3, 0.4) is 0 Å². The molecular formula is C11H18ClNO3S. The third-order valence-electron chi connectivity index (χ3n) is 2.44. The summed E-state index contributed by atoms with van der Waals surface area (Å²) in [4.78, 5) is 0. The van der Waals surface area contributed by atoms with Gasteiger partial charge in [0.2, 0.25) is 10.0 Å². The first-order chi connectivity index (χ1) is 8.10. The average Bonchev–Trinajstić information content (AvgIpc) is 2.78. The van der Waals surface area contributed by atoms with Crippen LogP contribution in [-0.4, -0.2) is 30.9 Å². The van der Waals surface area contributed by atoms with Crippen molar-refractivity contribution in [1.82, 2.24) is 4.31 Å². The molecule has 0 radical (unpaired) electrons. The Hall–Kier alpha value is -0.520. The number of halogens is 1. The Labute approximate surface area is 108 Å². The molecule has 6 heteroatoms. The van der Waals surface area contributed by atoms with E-state index >= 15 is 0 Å². The summed E-state index contributed by atoms with van der Waals surface area (Å²) < 4.78 is 30.6. The zero-order valence-corrected chi connectivity index (χ0v) is 11.5. The lowest BCUT2D eigenvalue weighted by Gasteiger charge is -2.19. The van der Waals surface area contributed by atoms with Crippen molar-refractivity contribution in [2.24, 2.45) is 0 Å². The fourth-order valence-electron chi connectivity index (χ4n) is 1.49. The summed E-state index contributed by atoms with van der Waals surface area (Å²) in [5.74, 6) is 1.31. The van der Waals surface area contributed by atoms with Gasteiger partial charge in [-0.15, -0.1) is 11.6 Å². The standard InChI is InChI=1S/C11H18ClNO3S/c1-2-13(10-11-6-5-8-16-11)17(14,15)9-4-3-7-12/h5-6,8H,2-4,7,9-10H2,1H3. The van der Waals surface area contributed by atoms with Gasteiger partial charge >= 0.3 is 0 Å². The molecule has 0 atom stereocenters. The van der Waals surface area contributed by atoms with Crippen LogP contribution < -0.4 is 0 Å². The molecule has 0 aromatic carbocycles. The molecule has 0 saturated heterocycles. The zero-order valence-electron chi connectivity index (χ0n) is 9.93. The van der Waals surface area contributed by atoms with E-state index in [0.717, 1.165) is 6.42 Å². The predicted molar refractivity (Wildman–Crippen MR) is 68.5 cm³/mol. The number of nitrogens with zero attached hydrogens (tertiary/aromatic N) is 1. The van der Waals surface area contributed by atoms with Crippen LogP contribution in [0.15, 0.2) is 22.8 Å². The third-order valence-corrected chi connectivity index (χ3v) is 4.69. The normalized spacial score (nSPS) is 12.2. The Kier molecular flexibility index (Phi) is 6.02. The van der Waals surface area contributed by atoms with Crippen LogP contribution in [0.4, 0.5) is 0 Å². The SMILES string of the molecule is CCN(Cc1ccco1)S(=O)(=O)CCCCCl. The van der Waals surface area contributed by atoms with E-state index in [1.54, 1.807) is 18.4 Å². The average molecular weight is 280 g/mol. The molecule has 0 N–H and O–H groups in total. The fourth-order valence-corrected chi connectivity index (χ4v) is 3.22. The van der Waals surface area contributed by atoms with Crippen molar-refractivity contribution < 1.29 is 12.8 Å². The highest BCUT2D eigenvalue weighted by Gasteiger charge is 2.20. The van der Waals surface area contributed by atoms with Crippen molar-refractivity contribution >= 4 is 21.6 Å². The summed E-state index contributed by atoms with van der Waals surface area (Å²) in [7, 11) is -3.21. The Morgan fingerprint density at radius 1 is 1.41 bits per heavy atom. The summed E-state index contributed by atoms with van der Waals surface area (Å²) in [5.41, 5.74) is 0. The van der Waals surface area contributed by atoms with Crippen LogP contribution in [0.1, 0.15) is 25.5 Å². The number of alkyl halides is 1. The Balaban J connectivity index is 2.59. The molecule has 0 saturated carbocycles. The highest BCUT2D eigenvalue weighted by Crippen LogP contribution is 2.11. The molecule has 0 bridgehead atoms. The van der Waals surface area contributed by atoms with Gasteiger partial charge in [-0.2, -0.15) is 4.31 Å². The fraction of sp³-hybridized carbons (Fsp3) is 0.636. The smallest absolute Gasteiger partial charge is 0.214 e. The van der Waals surface area contributed by atoms with Crippen molar-refractivity contribution in [2.45, 2.75) is 26.3 Å². The summed E-state index contributed by atoms with van der Waals surface area (Å²) >= 11 is 5.54. The third kappa shape index (κ3) is 4.69. The Morgan fingerprint density at radius 3 is 2.71 bits per heavy atom. The second-order valence-corrected chi connectivity index (χ2v) is 6.18. The van der Waals surface area contributed by atoms with Crippen LogP contribution >= 0.6 is 11.6 Å². The van der Waals surface area contributed by atoms with E-state index in [2.05, 4.69) is 0 Å². The van der Waals surface area contributed by atoms with Crippen LogP contribution in [0.25, 0.3) is 0 Å². The van der Waals surface area contributed by atoms with Gasteiger partial charge in [-0.3, -0.25) is 0 Å². The molecule has 0 aliphatic carbocycles. The zero-order chi connectivity index (χ0) is 12.7. The van der Waals surface area contributed by atoms with E-state index in [-0.39, 0.29) is 5.75 Å². The maximum Gasteiger partial charge on any atom is 0.214 e. The number of unbranched alkanes of at least 4 members (excludes halogenated alkanes) is 1. The number of hydrogen-bond acceptors (Lipinski definition) is 3. The second-order valence-electron chi connectivity index (χ2n) is 3.72. The van der Waals surface area contributed by atoms with Crippen molar-refractivity contribution in [3.63, 3.8) is 0 Å². The first kappa shape index (κ1) is 14.5. The van der Waals surface area contributed by atoms with Crippen molar-refractivity contribution in [2.75, 3.05) is 18.2 Å². The number of hydrogen-bond donors (Lipinski definition) is 0. The van der Waals surface area contributed by atoms with Crippen molar-refractivity contribution in [1.29, 1.82) is 0 Å². The van der Waals surface area contributed by atoms with Gasteiger partial charge in [0, 0.05) is 12.4 Å². The highest BCUT2D eigenvalue weighted by molar-refractivity contribution is 7.89. The van der Waals surface area contributed by atoms with E-state index in [9.17, 15) is 8.42 Å². The largest absolute Gasteiger partial charge is 0.468 e. The van der Waals surface area contributed by atoms with Crippen LogP contribution in [0, 0.1) is 0 Å². The van der Waals surface area contributed by atoms with Crippen molar-refractivity contribution in [3.05, 3.63) is 24.2 Å². The lowest BCUT2D eigenvalue weighted by molar-refractivity contribution is 0.375. The molecule has 17 heavy (non-hydrogen) atoms. The maximum atomic E-state index is 12.0. The van der Waals surface area contributed by atoms with Gasteiger partial charge in [0.05, 0.1) is 18.6 Å². The van der Waals surface area contributed by atoms with Crippen LogP contribution in [0.5, 0.6) is 0 Å². The summed E-state index contributed by atoms with van der Waals surface area (Å²) in [5, 5.41) is 0. The molecule has 1 aromatic heterocycles. The number of furan rings is 1. The second kappa shape index (κ2) is 7.03. The van der Waals surface area contributed by atoms with Gasteiger partial charge in [0.25, 0.3) is 0 Å². The van der Waals surface area contributed by atoms with E-state index in [0.29, 0.717) is 31.2 Å². The molecule has 1 aromatic rings. The van der Waals surface area contributed by atoms with Gasteiger partial charge in [0.15, 0.2) is 0 Å². The first-order valence-corrected chi connectivity index (χ1v) is 7.80. The van der Waals surface area contributed by atoms with Gasteiger partial charge in [-0.05, 0) is 25.0 Å². The summed E-state index contributed by atoms with van der Waals surface area (Å²) in [6.45, 7) is 2.57.